The number of rotatable bonds is 3. The molecule has 1 aromatic rings. The number of hydrogen-bond acceptors (Lipinski definition) is 3. The fourth-order valence-corrected chi connectivity index (χ4v) is 5.51. The first-order chi connectivity index (χ1) is 13.1. The van der Waals surface area contributed by atoms with Gasteiger partial charge in [-0.2, -0.15) is 17.5 Å². The minimum Gasteiger partial charge on any atom is -0.340 e. The Balaban J connectivity index is 1.66. The van der Waals surface area contributed by atoms with Crippen LogP contribution in [0.4, 0.5) is 13.2 Å². The van der Waals surface area contributed by atoms with E-state index in [1.54, 1.807) is 0 Å². The maximum absolute atomic E-state index is 13.3. The number of nitrogens with zero attached hydrogens (tertiary/aromatic N) is 2. The van der Waals surface area contributed by atoms with Gasteiger partial charge in [0, 0.05) is 37.1 Å². The molecule has 1 aromatic carbocycles. The molecule has 28 heavy (non-hydrogen) atoms. The number of amides is 1. The number of alkyl halides is 3. The molecule has 1 heterocycles. The molecule has 3 rings (SSSR count). The Labute approximate surface area is 167 Å². The average molecular weight is 439 g/mol. The van der Waals surface area contributed by atoms with Gasteiger partial charge in [-0.3, -0.25) is 4.79 Å². The van der Waals surface area contributed by atoms with Crippen LogP contribution in [-0.2, 0) is 14.8 Å². The third-order valence-corrected chi connectivity index (χ3v) is 7.67. The number of benzene rings is 1. The zero-order chi connectivity index (χ0) is 20.5. The molecule has 1 aliphatic heterocycles. The molecule has 2 fully saturated rings. The fourth-order valence-electron chi connectivity index (χ4n) is 3.96. The summed E-state index contributed by atoms with van der Waals surface area (Å²) < 4.78 is 66.5. The third-order valence-electron chi connectivity index (χ3n) is 5.51. The van der Waals surface area contributed by atoms with Crippen LogP contribution in [0, 0.1) is 11.8 Å². The van der Waals surface area contributed by atoms with Crippen molar-refractivity contribution in [2.24, 2.45) is 11.8 Å². The molecule has 0 spiro atoms. The van der Waals surface area contributed by atoms with Crippen LogP contribution < -0.4 is 0 Å². The van der Waals surface area contributed by atoms with Gasteiger partial charge in [0.25, 0.3) is 0 Å². The van der Waals surface area contributed by atoms with Gasteiger partial charge >= 0.3 is 6.18 Å². The minimum absolute atomic E-state index is 0.0230. The largest absolute Gasteiger partial charge is 0.392 e. The van der Waals surface area contributed by atoms with Crippen molar-refractivity contribution < 1.29 is 26.4 Å². The van der Waals surface area contributed by atoms with Gasteiger partial charge in [-0.25, -0.2) is 8.42 Å². The lowest BCUT2D eigenvalue weighted by Crippen LogP contribution is -2.53. The van der Waals surface area contributed by atoms with Crippen molar-refractivity contribution in [1.29, 1.82) is 0 Å². The highest BCUT2D eigenvalue weighted by Gasteiger charge is 2.49. The number of hydrogen-bond donors (Lipinski definition) is 0. The van der Waals surface area contributed by atoms with E-state index in [0.717, 1.165) is 0 Å². The monoisotopic (exact) mass is 438 g/mol. The van der Waals surface area contributed by atoms with Gasteiger partial charge in [0.1, 0.15) is 0 Å². The van der Waals surface area contributed by atoms with E-state index in [0.29, 0.717) is 17.9 Å². The van der Waals surface area contributed by atoms with E-state index < -0.39 is 33.9 Å². The molecule has 10 heteroatoms. The van der Waals surface area contributed by atoms with Gasteiger partial charge in [0.15, 0.2) is 0 Å². The molecule has 1 aliphatic carbocycles. The van der Waals surface area contributed by atoms with Crippen LogP contribution in [-0.4, -0.2) is 55.9 Å². The number of piperazine rings is 1. The summed E-state index contributed by atoms with van der Waals surface area (Å²) >= 11 is 5.79. The molecule has 156 valence electrons. The Morgan fingerprint density at radius 3 is 2.14 bits per heavy atom. The molecule has 0 bridgehead atoms. The molecule has 5 nitrogen and oxygen atoms in total. The van der Waals surface area contributed by atoms with Crippen LogP contribution in [0.25, 0.3) is 0 Å². The van der Waals surface area contributed by atoms with Crippen molar-refractivity contribution >= 4 is 27.5 Å². The second-order valence-corrected chi connectivity index (χ2v) is 9.60. The van der Waals surface area contributed by atoms with Crippen molar-refractivity contribution in [2.45, 2.75) is 36.8 Å². The lowest BCUT2D eigenvalue weighted by atomic mass is 9.78. The number of carbonyl (C=O) groups is 1. The van der Waals surface area contributed by atoms with E-state index in [-0.39, 0.29) is 43.9 Å². The average Bonchev–Trinajstić information content (AvgIpc) is 2.67. The van der Waals surface area contributed by atoms with Gasteiger partial charge in [0.2, 0.25) is 15.9 Å². The van der Waals surface area contributed by atoms with E-state index in [9.17, 15) is 26.4 Å². The van der Waals surface area contributed by atoms with Gasteiger partial charge in [-0.15, -0.1) is 0 Å². The predicted octanol–water partition coefficient (Wildman–Crippen LogP) is 3.54. The van der Waals surface area contributed by atoms with Crippen LogP contribution in [0.2, 0.25) is 5.02 Å². The quantitative estimate of drug-likeness (QED) is 0.725. The molecule has 2 aliphatic rings. The molecule has 0 radical (unpaired) electrons. The number of carbonyl (C=O) groups excluding carboxylic acids is 1. The van der Waals surface area contributed by atoms with Crippen molar-refractivity contribution in [2.75, 3.05) is 26.2 Å². The summed E-state index contributed by atoms with van der Waals surface area (Å²) in [6.45, 7) is 0.291. The molecule has 1 amide bonds. The molecule has 1 saturated heterocycles. The summed E-state index contributed by atoms with van der Waals surface area (Å²) in [7, 11) is -3.73. The smallest absolute Gasteiger partial charge is 0.340 e. The third kappa shape index (κ3) is 4.46. The molecule has 2 atom stereocenters. The highest BCUT2D eigenvalue weighted by molar-refractivity contribution is 7.89. The summed E-state index contributed by atoms with van der Waals surface area (Å²) in [4.78, 5) is 14.2. The summed E-state index contributed by atoms with van der Waals surface area (Å²) in [5.41, 5.74) is 0. The van der Waals surface area contributed by atoms with Crippen LogP contribution in [0.5, 0.6) is 0 Å². The highest BCUT2D eigenvalue weighted by atomic mass is 35.5. The topological polar surface area (TPSA) is 57.7 Å². The van der Waals surface area contributed by atoms with Crippen molar-refractivity contribution in [3.63, 3.8) is 0 Å². The summed E-state index contributed by atoms with van der Waals surface area (Å²) in [6.07, 6.45) is -3.10. The molecule has 0 aromatic heterocycles. The van der Waals surface area contributed by atoms with Crippen LogP contribution in [0.1, 0.15) is 25.7 Å². The zero-order valence-corrected chi connectivity index (χ0v) is 16.7. The van der Waals surface area contributed by atoms with Crippen molar-refractivity contribution in [3.05, 3.63) is 29.3 Å². The molecular weight excluding hydrogens is 417 g/mol. The lowest BCUT2D eigenvalue weighted by molar-refractivity contribution is -0.201. The van der Waals surface area contributed by atoms with E-state index >= 15 is 0 Å². The Bertz CT molecular complexity index is 806. The predicted molar refractivity (Wildman–Crippen MR) is 98.3 cm³/mol. The molecular formula is C18H22ClF3N2O3S. The minimum atomic E-state index is -4.39. The first-order valence-electron chi connectivity index (χ1n) is 9.22. The zero-order valence-electron chi connectivity index (χ0n) is 15.2. The number of halogens is 4. The van der Waals surface area contributed by atoms with Gasteiger partial charge in [-0.1, -0.05) is 24.4 Å². The fraction of sp³-hybridized carbons (Fsp3) is 0.611. The van der Waals surface area contributed by atoms with Crippen molar-refractivity contribution in [1.82, 2.24) is 9.21 Å². The normalized spacial score (nSPS) is 24.9. The lowest BCUT2D eigenvalue weighted by Gasteiger charge is -2.39. The second-order valence-electron chi connectivity index (χ2n) is 7.22. The van der Waals surface area contributed by atoms with Crippen LogP contribution >= 0.6 is 11.6 Å². The second kappa shape index (κ2) is 8.20. The molecule has 0 N–H and O–H groups in total. The summed E-state index contributed by atoms with van der Waals surface area (Å²) in [6, 6.07) is 5.78. The highest BCUT2D eigenvalue weighted by Crippen LogP contribution is 2.42. The SMILES string of the molecule is O=C(C1CCCCC1C(F)(F)F)N1CCN(S(=O)(=O)c2ccc(Cl)cc2)CC1. The first kappa shape index (κ1) is 21.4. The van der Waals surface area contributed by atoms with Crippen molar-refractivity contribution in [3.8, 4) is 0 Å². The standard InChI is InChI=1S/C18H22ClF3N2O3S/c19-13-5-7-14(8-6-13)28(26,27)24-11-9-23(10-12-24)17(25)15-3-1-2-4-16(15)18(20,21)22/h5-8,15-16H,1-4,9-12H2. The van der Waals surface area contributed by atoms with E-state index in [2.05, 4.69) is 0 Å². The van der Waals surface area contributed by atoms with Crippen LogP contribution in [0.15, 0.2) is 29.2 Å². The Kier molecular flexibility index (Phi) is 6.26. The molecule has 1 saturated carbocycles. The maximum Gasteiger partial charge on any atom is 0.392 e. The Hall–Kier alpha value is -1.32. The van der Waals surface area contributed by atoms with E-state index in [1.807, 2.05) is 0 Å². The Morgan fingerprint density at radius 2 is 1.57 bits per heavy atom. The van der Waals surface area contributed by atoms with Crippen LogP contribution in [0.3, 0.4) is 0 Å². The molecule has 2 unspecified atom stereocenters. The van der Waals surface area contributed by atoms with E-state index in [4.69, 9.17) is 11.6 Å². The maximum atomic E-state index is 13.3. The van der Waals surface area contributed by atoms with Gasteiger partial charge in [-0.05, 0) is 37.1 Å². The van der Waals surface area contributed by atoms with Gasteiger partial charge < -0.3 is 4.90 Å². The Morgan fingerprint density at radius 1 is 1.00 bits per heavy atom. The number of sulfonamides is 1. The van der Waals surface area contributed by atoms with E-state index in [1.165, 1.54) is 33.5 Å². The summed E-state index contributed by atoms with van der Waals surface area (Å²) in [5.74, 6) is -3.18. The van der Waals surface area contributed by atoms with Gasteiger partial charge in [0.05, 0.1) is 10.8 Å². The summed E-state index contributed by atoms with van der Waals surface area (Å²) in [5, 5.41) is 0.418. The first-order valence-corrected chi connectivity index (χ1v) is 11.0.